The first kappa shape index (κ1) is 19.1. The topological polar surface area (TPSA) is 111 Å². The van der Waals surface area contributed by atoms with Gasteiger partial charge < -0.3 is 14.2 Å². The molecule has 0 N–H and O–H groups in total. The summed E-state index contributed by atoms with van der Waals surface area (Å²) >= 11 is 0. The van der Waals surface area contributed by atoms with Gasteiger partial charge in [0.1, 0.15) is 0 Å². The molecule has 24 heavy (non-hydrogen) atoms. The van der Waals surface area contributed by atoms with Crippen LogP contribution in [-0.2, 0) is 14.3 Å². The van der Waals surface area contributed by atoms with Crippen LogP contribution in [-0.4, -0.2) is 32.2 Å². The highest BCUT2D eigenvalue weighted by atomic mass is 16.5. The van der Waals surface area contributed by atoms with Crippen molar-refractivity contribution in [1.82, 2.24) is 0 Å². The van der Waals surface area contributed by atoms with E-state index in [4.69, 9.17) is 19.7 Å². The van der Waals surface area contributed by atoms with E-state index in [0.29, 0.717) is 23.7 Å². The number of azide groups is 1. The molecule has 0 saturated heterocycles. The lowest BCUT2D eigenvalue weighted by atomic mass is 10.1. The summed E-state index contributed by atoms with van der Waals surface area (Å²) in [5, 5.41) is 3.29. The maximum absolute atomic E-state index is 11.7. The average molecular weight is 333 g/mol. The molecule has 0 aliphatic rings. The largest absolute Gasteiger partial charge is 0.493 e. The third kappa shape index (κ3) is 6.85. The van der Waals surface area contributed by atoms with Crippen LogP contribution < -0.4 is 9.47 Å². The van der Waals surface area contributed by atoms with Gasteiger partial charge in [0, 0.05) is 11.3 Å². The molecule has 0 amide bonds. The van der Waals surface area contributed by atoms with Crippen LogP contribution in [0.2, 0.25) is 0 Å². The molecule has 0 spiro atoms. The second kappa shape index (κ2) is 10.7. The number of ketones is 1. The van der Waals surface area contributed by atoms with E-state index in [9.17, 15) is 9.59 Å². The zero-order valence-corrected chi connectivity index (χ0v) is 13.6. The van der Waals surface area contributed by atoms with Crippen LogP contribution in [0.25, 0.3) is 16.5 Å². The summed E-state index contributed by atoms with van der Waals surface area (Å²) in [6, 6.07) is 5.07. The fourth-order valence-corrected chi connectivity index (χ4v) is 1.76. The Morgan fingerprint density at radius 1 is 1.29 bits per heavy atom. The SMILES string of the molecule is CCOC(=O)CCC(=O)/C=C/c1ccc(OC)c(OCN=[N+]=[N-])c1. The predicted octanol–water partition coefficient (Wildman–Crippen LogP) is 3.27. The molecule has 0 heterocycles. The van der Waals surface area contributed by atoms with E-state index < -0.39 is 5.97 Å². The Morgan fingerprint density at radius 3 is 2.75 bits per heavy atom. The zero-order valence-electron chi connectivity index (χ0n) is 13.6. The van der Waals surface area contributed by atoms with Gasteiger partial charge in [-0.2, -0.15) is 0 Å². The molecule has 0 radical (unpaired) electrons. The molecule has 0 aliphatic heterocycles. The Kier molecular flexibility index (Phi) is 8.49. The van der Waals surface area contributed by atoms with Crippen LogP contribution in [0.1, 0.15) is 25.3 Å². The van der Waals surface area contributed by atoms with E-state index in [1.165, 1.54) is 13.2 Å². The number of allylic oxidation sites excluding steroid dienone is 1. The summed E-state index contributed by atoms with van der Waals surface area (Å²) in [6.07, 6.45) is 3.14. The molecular weight excluding hydrogens is 314 g/mol. The number of esters is 1. The van der Waals surface area contributed by atoms with Gasteiger partial charge in [0.2, 0.25) is 0 Å². The van der Waals surface area contributed by atoms with Crippen molar-refractivity contribution in [3.63, 3.8) is 0 Å². The second-order valence-electron chi connectivity index (χ2n) is 4.52. The molecule has 1 rings (SSSR count). The number of methoxy groups -OCH3 is 1. The first-order valence-corrected chi connectivity index (χ1v) is 7.29. The van der Waals surface area contributed by atoms with Crippen LogP contribution in [0, 0.1) is 0 Å². The number of ether oxygens (including phenoxy) is 3. The zero-order chi connectivity index (χ0) is 17.8. The normalized spacial score (nSPS) is 10.1. The van der Waals surface area contributed by atoms with Crippen molar-refractivity contribution in [2.75, 3.05) is 20.4 Å². The van der Waals surface area contributed by atoms with Crippen molar-refractivity contribution >= 4 is 17.8 Å². The highest BCUT2D eigenvalue weighted by Crippen LogP contribution is 2.28. The quantitative estimate of drug-likeness (QED) is 0.214. The third-order valence-corrected chi connectivity index (χ3v) is 2.87. The molecule has 8 nitrogen and oxygen atoms in total. The molecule has 0 saturated carbocycles. The molecule has 0 unspecified atom stereocenters. The maximum atomic E-state index is 11.7. The number of carbonyl (C=O) groups is 2. The number of nitrogens with zero attached hydrogens (tertiary/aromatic N) is 3. The summed E-state index contributed by atoms with van der Waals surface area (Å²) in [7, 11) is 1.49. The van der Waals surface area contributed by atoms with E-state index >= 15 is 0 Å². The minimum absolute atomic E-state index is 0.0557. The Bertz CT molecular complexity index is 651. The Labute approximate surface area is 139 Å². The third-order valence-electron chi connectivity index (χ3n) is 2.87. The van der Waals surface area contributed by atoms with Gasteiger partial charge in [-0.25, -0.2) is 0 Å². The van der Waals surface area contributed by atoms with Crippen LogP contribution in [0.3, 0.4) is 0 Å². The lowest BCUT2D eigenvalue weighted by molar-refractivity contribution is -0.144. The van der Waals surface area contributed by atoms with Gasteiger partial charge in [-0.3, -0.25) is 9.59 Å². The van der Waals surface area contributed by atoms with Crippen molar-refractivity contribution in [3.05, 3.63) is 40.3 Å². The van der Waals surface area contributed by atoms with Gasteiger partial charge in [-0.1, -0.05) is 17.3 Å². The van der Waals surface area contributed by atoms with Gasteiger partial charge in [0.15, 0.2) is 24.0 Å². The molecule has 1 aromatic carbocycles. The van der Waals surface area contributed by atoms with E-state index in [1.54, 1.807) is 31.2 Å². The number of hydrogen-bond acceptors (Lipinski definition) is 6. The smallest absolute Gasteiger partial charge is 0.306 e. The lowest BCUT2D eigenvalue weighted by Crippen LogP contribution is -2.06. The first-order chi connectivity index (χ1) is 11.6. The molecule has 8 heteroatoms. The molecule has 0 aliphatic carbocycles. The number of hydrogen-bond donors (Lipinski definition) is 0. The van der Waals surface area contributed by atoms with Crippen molar-refractivity contribution in [1.29, 1.82) is 0 Å². The van der Waals surface area contributed by atoms with Crippen molar-refractivity contribution < 1.29 is 23.8 Å². The van der Waals surface area contributed by atoms with Gasteiger partial charge in [-0.15, -0.1) is 0 Å². The lowest BCUT2D eigenvalue weighted by Gasteiger charge is -2.09. The van der Waals surface area contributed by atoms with Crippen LogP contribution >= 0.6 is 0 Å². The van der Waals surface area contributed by atoms with Crippen molar-refractivity contribution in [3.8, 4) is 11.5 Å². The van der Waals surface area contributed by atoms with E-state index in [0.717, 1.165) is 0 Å². The molecule has 128 valence electrons. The molecule has 1 aromatic rings. The molecule has 0 fully saturated rings. The molecular formula is C16H19N3O5. The predicted molar refractivity (Wildman–Crippen MR) is 87.5 cm³/mol. The first-order valence-electron chi connectivity index (χ1n) is 7.29. The van der Waals surface area contributed by atoms with Crippen LogP contribution in [0.4, 0.5) is 0 Å². The Hall–Kier alpha value is -2.99. The molecule has 0 atom stereocenters. The Morgan fingerprint density at radius 2 is 2.08 bits per heavy atom. The van der Waals surface area contributed by atoms with E-state index in [-0.39, 0.29) is 25.4 Å². The summed E-state index contributed by atoms with van der Waals surface area (Å²) < 4.78 is 15.2. The summed E-state index contributed by atoms with van der Waals surface area (Å²) in [5.74, 6) is 0.299. The molecule has 0 bridgehead atoms. The number of carbonyl (C=O) groups excluding carboxylic acids is 2. The summed E-state index contributed by atoms with van der Waals surface area (Å²) in [4.78, 5) is 25.5. The van der Waals surface area contributed by atoms with Crippen molar-refractivity contribution in [2.45, 2.75) is 19.8 Å². The van der Waals surface area contributed by atoms with Gasteiger partial charge >= 0.3 is 5.97 Å². The number of benzene rings is 1. The minimum Gasteiger partial charge on any atom is -0.493 e. The van der Waals surface area contributed by atoms with Gasteiger partial charge in [0.05, 0.1) is 20.1 Å². The van der Waals surface area contributed by atoms with E-state index in [2.05, 4.69) is 10.0 Å². The summed E-state index contributed by atoms with van der Waals surface area (Å²) in [6.45, 7) is 1.84. The fourth-order valence-electron chi connectivity index (χ4n) is 1.76. The molecule has 0 aromatic heterocycles. The van der Waals surface area contributed by atoms with Gasteiger partial charge in [0.25, 0.3) is 0 Å². The maximum Gasteiger partial charge on any atom is 0.306 e. The number of rotatable bonds is 10. The monoisotopic (exact) mass is 333 g/mol. The van der Waals surface area contributed by atoms with Crippen LogP contribution in [0.15, 0.2) is 29.4 Å². The average Bonchev–Trinajstić information content (AvgIpc) is 2.59. The van der Waals surface area contributed by atoms with E-state index in [1.807, 2.05) is 0 Å². The Balaban J connectivity index is 2.68. The van der Waals surface area contributed by atoms with Gasteiger partial charge in [-0.05, 0) is 36.2 Å². The van der Waals surface area contributed by atoms with Crippen molar-refractivity contribution in [2.24, 2.45) is 5.11 Å². The van der Waals surface area contributed by atoms with Crippen LogP contribution in [0.5, 0.6) is 11.5 Å². The second-order valence-corrected chi connectivity index (χ2v) is 4.52. The minimum atomic E-state index is -0.391. The standard InChI is InChI=1S/C16H19N3O5/c1-3-23-16(21)9-7-13(20)6-4-12-5-8-14(22-2)15(10-12)24-11-18-19-17/h4-6,8,10H,3,7,9,11H2,1-2H3/b6-4+. The fraction of sp³-hybridized carbons (Fsp3) is 0.375. The summed E-state index contributed by atoms with van der Waals surface area (Å²) in [5.41, 5.74) is 8.96. The highest BCUT2D eigenvalue weighted by Gasteiger charge is 2.06. The highest BCUT2D eigenvalue weighted by molar-refractivity contribution is 5.95.